The number of rotatable bonds is 3. The molecule has 0 saturated heterocycles. The Morgan fingerprint density at radius 3 is 2.94 bits per heavy atom. The van der Waals surface area contributed by atoms with Gasteiger partial charge >= 0.3 is 0 Å². The van der Waals surface area contributed by atoms with Crippen molar-refractivity contribution in [2.75, 3.05) is 0 Å². The lowest BCUT2D eigenvalue weighted by atomic mass is 10.3. The molecule has 2 aromatic heterocycles. The number of hydrogen-bond acceptors (Lipinski definition) is 3. The summed E-state index contributed by atoms with van der Waals surface area (Å²) in [4.78, 5) is 19.9. The van der Waals surface area contributed by atoms with Gasteiger partial charge in [-0.15, -0.1) is 11.6 Å². The van der Waals surface area contributed by atoms with Crippen LogP contribution in [0.3, 0.4) is 0 Å². The largest absolute Gasteiger partial charge is 0.368 e. The molecule has 2 N–H and O–H groups in total. The standard InChI is InChI=1S/C11H13ClN4O/c1-6-3-8-11(14-5-6)16(7(2)10(13)17)9(4-12)15-8/h3,5,7H,4H2,1-2H3,(H2,13,17). The highest BCUT2D eigenvalue weighted by molar-refractivity contribution is 6.16. The van der Waals surface area contributed by atoms with Crippen LogP contribution in [0.25, 0.3) is 11.2 Å². The molecule has 2 heterocycles. The van der Waals surface area contributed by atoms with E-state index in [2.05, 4.69) is 9.97 Å². The maximum Gasteiger partial charge on any atom is 0.240 e. The number of fused-ring (bicyclic) bond motifs is 1. The zero-order chi connectivity index (χ0) is 12.6. The molecule has 0 aliphatic rings. The summed E-state index contributed by atoms with van der Waals surface area (Å²) in [6.07, 6.45) is 1.73. The van der Waals surface area contributed by atoms with E-state index in [4.69, 9.17) is 17.3 Å². The summed E-state index contributed by atoms with van der Waals surface area (Å²) >= 11 is 5.83. The van der Waals surface area contributed by atoms with Gasteiger partial charge in [-0.2, -0.15) is 0 Å². The molecule has 1 unspecified atom stereocenters. The predicted molar refractivity (Wildman–Crippen MR) is 65.7 cm³/mol. The second-order valence-corrected chi connectivity index (χ2v) is 4.23. The van der Waals surface area contributed by atoms with Crippen LogP contribution < -0.4 is 5.73 Å². The molecule has 0 radical (unpaired) electrons. The maximum absolute atomic E-state index is 11.3. The van der Waals surface area contributed by atoms with Gasteiger partial charge in [-0.3, -0.25) is 9.36 Å². The Kier molecular flexibility index (Phi) is 3.02. The third-order valence-corrected chi connectivity index (χ3v) is 2.90. The number of amides is 1. The molecule has 2 rings (SSSR count). The molecule has 0 bridgehead atoms. The van der Waals surface area contributed by atoms with Gasteiger partial charge in [0.1, 0.15) is 17.4 Å². The number of nitrogens with zero attached hydrogens (tertiary/aromatic N) is 3. The molecule has 2 aromatic rings. The molecule has 90 valence electrons. The molecule has 0 aromatic carbocycles. The van der Waals surface area contributed by atoms with Gasteiger partial charge in [-0.25, -0.2) is 9.97 Å². The number of aryl methyl sites for hydroxylation is 1. The van der Waals surface area contributed by atoms with Gasteiger partial charge in [-0.1, -0.05) is 0 Å². The van der Waals surface area contributed by atoms with Gasteiger partial charge < -0.3 is 5.73 Å². The Bertz CT molecular complexity index is 578. The number of imidazole rings is 1. The van der Waals surface area contributed by atoms with Gasteiger partial charge in [0, 0.05) is 6.20 Å². The lowest BCUT2D eigenvalue weighted by Gasteiger charge is -2.12. The summed E-state index contributed by atoms with van der Waals surface area (Å²) in [5, 5.41) is 0. The Hall–Kier alpha value is -1.62. The van der Waals surface area contributed by atoms with Crippen molar-refractivity contribution in [1.82, 2.24) is 14.5 Å². The second-order valence-electron chi connectivity index (χ2n) is 3.97. The predicted octanol–water partition coefficient (Wildman–Crippen LogP) is 1.52. The molecule has 0 aliphatic heterocycles. The number of aromatic nitrogens is 3. The lowest BCUT2D eigenvalue weighted by Crippen LogP contribution is -2.25. The first-order valence-electron chi connectivity index (χ1n) is 5.23. The highest BCUT2D eigenvalue weighted by atomic mass is 35.5. The van der Waals surface area contributed by atoms with Crippen molar-refractivity contribution in [3.63, 3.8) is 0 Å². The molecule has 0 saturated carbocycles. The summed E-state index contributed by atoms with van der Waals surface area (Å²) < 4.78 is 1.68. The molecule has 1 atom stereocenters. The number of primary amides is 1. The average molecular weight is 253 g/mol. The average Bonchev–Trinajstić information content (AvgIpc) is 2.65. The summed E-state index contributed by atoms with van der Waals surface area (Å²) in [7, 11) is 0. The highest BCUT2D eigenvalue weighted by Crippen LogP contribution is 2.21. The van der Waals surface area contributed by atoms with Gasteiger partial charge in [0.25, 0.3) is 0 Å². The van der Waals surface area contributed by atoms with Crippen molar-refractivity contribution in [2.45, 2.75) is 25.8 Å². The monoisotopic (exact) mass is 252 g/mol. The van der Waals surface area contributed by atoms with E-state index < -0.39 is 11.9 Å². The normalized spacial score (nSPS) is 12.9. The number of carbonyl (C=O) groups excluding carboxylic acids is 1. The third kappa shape index (κ3) is 1.98. The second kappa shape index (κ2) is 4.33. The summed E-state index contributed by atoms with van der Waals surface area (Å²) in [5.41, 5.74) is 7.69. The zero-order valence-corrected chi connectivity index (χ0v) is 10.4. The smallest absolute Gasteiger partial charge is 0.240 e. The SMILES string of the molecule is Cc1cnc2c(c1)nc(CCl)n2C(C)C(N)=O. The lowest BCUT2D eigenvalue weighted by molar-refractivity contribution is -0.120. The van der Waals surface area contributed by atoms with E-state index in [-0.39, 0.29) is 5.88 Å². The molecule has 0 spiro atoms. The van der Waals surface area contributed by atoms with Crippen LogP contribution in [0.5, 0.6) is 0 Å². The zero-order valence-electron chi connectivity index (χ0n) is 9.64. The van der Waals surface area contributed by atoms with Crippen LogP contribution in [0.4, 0.5) is 0 Å². The van der Waals surface area contributed by atoms with Crippen molar-refractivity contribution in [3.8, 4) is 0 Å². The number of pyridine rings is 1. The molecule has 0 aliphatic carbocycles. The van der Waals surface area contributed by atoms with Crippen molar-refractivity contribution in [3.05, 3.63) is 23.7 Å². The first-order valence-corrected chi connectivity index (χ1v) is 5.76. The third-order valence-electron chi connectivity index (χ3n) is 2.66. The molecule has 5 nitrogen and oxygen atoms in total. The van der Waals surface area contributed by atoms with Gasteiger partial charge in [0.05, 0.1) is 5.88 Å². The van der Waals surface area contributed by atoms with Gasteiger partial charge in [-0.05, 0) is 25.5 Å². The summed E-state index contributed by atoms with van der Waals surface area (Å²) in [6, 6.07) is 1.40. The van der Waals surface area contributed by atoms with Crippen LogP contribution in [0.2, 0.25) is 0 Å². The van der Waals surface area contributed by atoms with E-state index in [0.717, 1.165) is 11.1 Å². The maximum atomic E-state index is 11.3. The molecular weight excluding hydrogens is 240 g/mol. The van der Waals surface area contributed by atoms with E-state index >= 15 is 0 Å². The summed E-state index contributed by atoms with van der Waals surface area (Å²) in [6.45, 7) is 3.64. The van der Waals surface area contributed by atoms with Crippen LogP contribution in [0.1, 0.15) is 24.4 Å². The molecule has 0 fully saturated rings. The Morgan fingerprint density at radius 2 is 2.35 bits per heavy atom. The number of alkyl halides is 1. The minimum atomic E-state index is -0.510. The molecular formula is C11H13ClN4O. The number of carbonyl (C=O) groups is 1. The fourth-order valence-electron chi connectivity index (χ4n) is 1.76. The van der Waals surface area contributed by atoms with Crippen molar-refractivity contribution < 1.29 is 4.79 Å². The van der Waals surface area contributed by atoms with Crippen molar-refractivity contribution in [1.29, 1.82) is 0 Å². The van der Waals surface area contributed by atoms with E-state index in [1.54, 1.807) is 17.7 Å². The van der Waals surface area contributed by atoms with E-state index in [9.17, 15) is 4.79 Å². The molecule has 1 amide bonds. The van der Waals surface area contributed by atoms with Gasteiger partial charge in [0.15, 0.2) is 5.65 Å². The first-order chi connectivity index (χ1) is 8.04. The summed E-state index contributed by atoms with van der Waals surface area (Å²) in [5.74, 6) is 0.386. The topological polar surface area (TPSA) is 73.8 Å². The Morgan fingerprint density at radius 1 is 1.65 bits per heavy atom. The fourth-order valence-corrected chi connectivity index (χ4v) is 1.95. The van der Waals surface area contributed by atoms with Crippen LogP contribution in [0, 0.1) is 6.92 Å². The molecule has 17 heavy (non-hydrogen) atoms. The van der Waals surface area contributed by atoms with Crippen LogP contribution in [0.15, 0.2) is 12.3 Å². The van der Waals surface area contributed by atoms with Crippen LogP contribution in [-0.4, -0.2) is 20.4 Å². The van der Waals surface area contributed by atoms with E-state index in [1.807, 2.05) is 13.0 Å². The Balaban J connectivity index is 2.70. The first kappa shape index (κ1) is 11.9. The van der Waals surface area contributed by atoms with Crippen LogP contribution in [-0.2, 0) is 10.7 Å². The Labute approximate surface area is 104 Å². The fraction of sp³-hybridized carbons (Fsp3) is 0.364. The van der Waals surface area contributed by atoms with E-state index in [1.165, 1.54) is 0 Å². The minimum absolute atomic E-state index is 0.215. The molecule has 6 heteroatoms. The minimum Gasteiger partial charge on any atom is -0.368 e. The van der Waals surface area contributed by atoms with Gasteiger partial charge in [0.2, 0.25) is 5.91 Å². The quantitative estimate of drug-likeness (QED) is 0.842. The number of halogens is 1. The van der Waals surface area contributed by atoms with E-state index in [0.29, 0.717) is 11.5 Å². The highest BCUT2D eigenvalue weighted by Gasteiger charge is 2.19. The number of nitrogens with two attached hydrogens (primary N) is 1. The van der Waals surface area contributed by atoms with Crippen LogP contribution >= 0.6 is 11.6 Å². The van der Waals surface area contributed by atoms with Crippen molar-refractivity contribution >= 4 is 28.7 Å². The van der Waals surface area contributed by atoms with Crippen molar-refractivity contribution in [2.24, 2.45) is 5.73 Å². The number of hydrogen-bond donors (Lipinski definition) is 1.